The Morgan fingerprint density at radius 2 is 2.33 bits per heavy atom. The van der Waals surface area contributed by atoms with Crippen LogP contribution in [0.1, 0.15) is 6.23 Å². The molecule has 2 atom stereocenters. The summed E-state index contributed by atoms with van der Waals surface area (Å²) in [4.78, 5) is 16.0. The van der Waals surface area contributed by atoms with Crippen LogP contribution in [0.15, 0.2) is 22.5 Å². The number of aromatic amines is 1. The maximum atomic E-state index is 14.2. The van der Waals surface area contributed by atoms with E-state index in [4.69, 9.17) is 33.7 Å². The van der Waals surface area contributed by atoms with Crippen LogP contribution in [0, 0.1) is 17.1 Å². The van der Waals surface area contributed by atoms with Crippen molar-refractivity contribution >= 4 is 40.2 Å². The molecule has 1 unspecified atom stereocenters. The topological polar surface area (TPSA) is 126 Å². The van der Waals surface area contributed by atoms with Crippen molar-refractivity contribution in [2.24, 2.45) is 0 Å². The monoisotopic (exact) mass is 374 g/mol. The van der Waals surface area contributed by atoms with Gasteiger partial charge in [0.2, 0.25) is 17.1 Å². The molecular weight excluding hydrogens is 366 g/mol. The van der Waals surface area contributed by atoms with Gasteiger partial charge in [0, 0.05) is 11.6 Å². The van der Waals surface area contributed by atoms with Crippen molar-refractivity contribution in [2.75, 3.05) is 12.3 Å². The highest BCUT2D eigenvalue weighted by Crippen LogP contribution is 2.46. The van der Waals surface area contributed by atoms with Crippen LogP contribution in [0.4, 0.5) is 10.3 Å². The standard InChI is InChI=1S/C13H9Cl2FN4O4/c14-2-1-13(15)8(22)6(4-21)24-11(13)20-3-5(16)7-9(20)18-12(17)19-10(7)23/h3,11,21-22H,4H2,(H3,17,18,19,23)/t11-,13?/m1/s1. The molecular formula is C13H9Cl2FN4O4. The van der Waals surface area contributed by atoms with E-state index in [-0.39, 0.29) is 22.7 Å². The maximum absolute atomic E-state index is 14.2. The third kappa shape index (κ3) is 2.19. The molecule has 0 bridgehead atoms. The lowest BCUT2D eigenvalue weighted by Gasteiger charge is -2.24. The third-order valence-corrected chi connectivity index (χ3v) is 4.04. The van der Waals surface area contributed by atoms with Crippen LogP contribution in [0.25, 0.3) is 11.0 Å². The van der Waals surface area contributed by atoms with E-state index < -0.39 is 34.8 Å². The van der Waals surface area contributed by atoms with E-state index >= 15 is 0 Å². The molecule has 11 heteroatoms. The number of ether oxygens (including phenoxy) is 1. The molecule has 0 radical (unpaired) electrons. The summed E-state index contributed by atoms with van der Waals surface area (Å²) in [7, 11) is 0. The summed E-state index contributed by atoms with van der Waals surface area (Å²) in [6.07, 6.45) is -0.453. The van der Waals surface area contributed by atoms with Crippen molar-refractivity contribution in [3.8, 4) is 11.3 Å². The molecule has 3 rings (SSSR count). The van der Waals surface area contributed by atoms with Crippen molar-refractivity contribution in [1.82, 2.24) is 14.5 Å². The Morgan fingerprint density at radius 3 is 2.96 bits per heavy atom. The lowest BCUT2D eigenvalue weighted by Crippen LogP contribution is -2.31. The van der Waals surface area contributed by atoms with Gasteiger partial charge in [-0.05, 0) is 17.5 Å². The van der Waals surface area contributed by atoms with Gasteiger partial charge in [0.05, 0.1) is 0 Å². The first kappa shape index (κ1) is 16.4. The van der Waals surface area contributed by atoms with E-state index in [1.165, 1.54) is 0 Å². The van der Waals surface area contributed by atoms with Gasteiger partial charge in [0.1, 0.15) is 12.0 Å². The summed E-state index contributed by atoms with van der Waals surface area (Å²) in [5.41, 5.74) is 4.51. The summed E-state index contributed by atoms with van der Waals surface area (Å²) < 4.78 is 20.6. The molecule has 0 saturated heterocycles. The predicted molar refractivity (Wildman–Crippen MR) is 83.8 cm³/mol. The highest BCUT2D eigenvalue weighted by Gasteiger charge is 2.51. The summed E-state index contributed by atoms with van der Waals surface area (Å²) >= 11 is 11.7. The van der Waals surface area contributed by atoms with Gasteiger partial charge in [-0.3, -0.25) is 14.3 Å². The fourth-order valence-corrected chi connectivity index (χ4v) is 2.95. The van der Waals surface area contributed by atoms with Crippen LogP contribution < -0.4 is 11.3 Å². The van der Waals surface area contributed by atoms with E-state index in [1.54, 1.807) is 0 Å². The Hall–Kier alpha value is -2.41. The van der Waals surface area contributed by atoms with Gasteiger partial charge in [0.15, 0.2) is 23.0 Å². The Labute approximate surface area is 143 Å². The normalized spacial score (nSPS) is 23.2. The van der Waals surface area contributed by atoms with Crippen molar-refractivity contribution in [3.05, 3.63) is 33.9 Å². The molecule has 126 valence electrons. The molecule has 0 aliphatic carbocycles. The van der Waals surface area contributed by atoms with Crippen LogP contribution in [-0.2, 0) is 4.74 Å². The number of nitrogens with one attached hydrogen (secondary N) is 1. The van der Waals surface area contributed by atoms with Crippen LogP contribution in [0.2, 0.25) is 0 Å². The number of hydrogen-bond donors (Lipinski definition) is 4. The van der Waals surface area contributed by atoms with E-state index in [9.17, 15) is 19.4 Å². The largest absolute Gasteiger partial charge is 0.506 e. The second kappa shape index (κ2) is 5.59. The Bertz CT molecular complexity index is 989. The first-order valence-corrected chi connectivity index (χ1v) is 7.16. The smallest absolute Gasteiger partial charge is 0.264 e. The average Bonchev–Trinajstić information content (AvgIpc) is 2.96. The zero-order valence-corrected chi connectivity index (χ0v) is 13.2. The van der Waals surface area contributed by atoms with E-state index in [2.05, 4.69) is 15.9 Å². The molecule has 0 aromatic carbocycles. The van der Waals surface area contributed by atoms with Gasteiger partial charge in [-0.25, -0.2) is 4.39 Å². The van der Waals surface area contributed by atoms with Crippen LogP contribution >= 0.6 is 23.2 Å². The molecule has 3 heterocycles. The quantitative estimate of drug-likeness (QED) is 0.457. The molecule has 0 fully saturated rings. The number of nitrogens with two attached hydrogens (primary N) is 1. The minimum atomic E-state index is -1.92. The third-order valence-electron chi connectivity index (χ3n) is 3.48. The molecule has 0 saturated carbocycles. The number of aliphatic hydroxyl groups is 2. The van der Waals surface area contributed by atoms with Gasteiger partial charge in [-0.2, -0.15) is 4.98 Å². The number of hydrogen-bond acceptors (Lipinski definition) is 6. The number of halogens is 3. The number of H-pyrrole nitrogens is 1. The Morgan fingerprint density at radius 1 is 1.62 bits per heavy atom. The highest BCUT2D eigenvalue weighted by atomic mass is 35.5. The van der Waals surface area contributed by atoms with Crippen molar-refractivity contribution in [2.45, 2.75) is 11.1 Å². The van der Waals surface area contributed by atoms with Crippen molar-refractivity contribution in [1.29, 1.82) is 0 Å². The van der Waals surface area contributed by atoms with E-state index in [0.717, 1.165) is 10.8 Å². The van der Waals surface area contributed by atoms with Gasteiger partial charge in [-0.15, -0.1) is 0 Å². The summed E-state index contributed by atoms with van der Waals surface area (Å²) in [5.74, 6) is 0.326. The minimum absolute atomic E-state index is 0.174. The Kier molecular flexibility index (Phi) is 3.83. The molecule has 0 spiro atoms. The second-order valence-electron chi connectivity index (χ2n) is 4.87. The number of nitrogen functional groups attached to an aromatic ring is 1. The number of aromatic nitrogens is 3. The molecule has 2 aromatic rings. The van der Waals surface area contributed by atoms with E-state index in [0.29, 0.717) is 0 Å². The van der Waals surface area contributed by atoms with Gasteiger partial charge in [0.25, 0.3) is 5.56 Å². The molecule has 1 aliphatic rings. The van der Waals surface area contributed by atoms with Gasteiger partial charge in [-0.1, -0.05) is 11.6 Å². The SMILES string of the molecule is Nc1nc2c(c(F)cn2[C@@H]2OC(CO)=C(O)C2(Cl)C#CCl)c(=O)[nH]1. The number of nitrogens with zero attached hydrogens (tertiary/aromatic N) is 2. The molecule has 2 aromatic heterocycles. The van der Waals surface area contributed by atoms with Gasteiger partial charge < -0.3 is 20.7 Å². The number of anilines is 1. The van der Waals surface area contributed by atoms with Gasteiger partial charge >= 0.3 is 0 Å². The predicted octanol–water partition coefficient (Wildman–Crippen LogP) is 0.914. The van der Waals surface area contributed by atoms with Crippen molar-refractivity contribution < 1.29 is 19.3 Å². The van der Waals surface area contributed by atoms with Crippen molar-refractivity contribution in [3.63, 3.8) is 0 Å². The first-order valence-electron chi connectivity index (χ1n) is 6.41. The molecule has 0 amide bonds. The summed E-state index contributed by atoms with van der Waals surface area (Å²) in [6.45, 7) is -0.682. The minimum Gasteiger partial charge on any atom is -0.506 e. The van der Waals surface area contributed by atoms with Crippen LogP contribution in [0.5, 0.6) is 0 Å². The molecule has 1 aliphatic heterocycles. The summed E-state index contributed by atoms with van der Waals surface area (Å²) in [6, 6.07) is 0. The lowest BCUT2D eigenvalue weighted by molar-refractivity contribution is 0.0567. The number of alkyl halides is 1. The lowest BCUT2D eigenvalue weighted by atomic mass is 10.1. The Balaban J connectivity index is 2.28. The molecule has 8 nitrogen and oxygen atoms in total. The fourth-order valence-electron chi connectivity index (χ4n) is 2.45. The average molecular weight is 375 g/mol. The summed E-state index contributed by atoms with van der Waals surface area (Å²) in [5, 5.41) is 21.0. The molecule has 5 N–H and O–H groups in total. The van der Waals surface area contributed by atoms with E-state index in [1.807, 2.05) is 5.38 Å². The molecule has 24 heavy (non-hydrogen) atoms. The van der Waals surface area contributed by atoms with Crippen LogP contribution in [-0.4, -0.2) is 36.2 Å². The highest BCUT2D eigenvalue weighted by molar-refractivity contribution is 6.33. The fraction of sp³-hybridized carbons (Fsp3) is 0.231. The second-order valence-corrected chi connectivity index (χ2v) is 5.65. The zero-order chi connectivity index (χ0) is 17.6. The number of rotatable bonds is 2. The maximum Gasteiger partial charge on any atom is 0.264 e. The number of aliphatic hydroxyl groups excluding tert-OH is 2. The first-order chi connectivity index (χ1) is 11.3. The number of fused-ring (bicyclic) bond motifs is 1. The zero-order valence-electron chi connectivity index (χ0n) is 11.7. The van der Waals surface area contributed by atoms with Crippen LogP contribution in [0.3, 0.4) is 0 Å².